The lowest BCUT2D eigenvalue weighted by atomic mass is 9.96. The van der Waals surface area contributed by atoms with Gasteiger partial charge in [0, 0.05) is 30.2 Å². The van der Waals surface area contributed by atoms with Crippen LogP contribution < -0.4 is 5.32 Å². The number of piperidine rings is 1. The molecule has 0 bridgehead atoms. The van der Waals surface area contributed by atoms with E-state index in [4.69, 9.17) is 0 Å². The fourth-order valence-electron chi connectivity index (χ4n) is 2.44. The molecule has 1 atom stereocenters. The van der Waals surface area contributed by atoms with Crippen LogP contribution in [0.2, 0.25) is 0 Å². The summed E-state index contributed by atoms with van der Waals surface area (Å²) in [5.41, 5.74) is 0.300. The van der Waals surface area contributed by atoms with Crippen molar-refractivity contribution in [2.24, 2.45) is 5.92 Å². The molecular formula is C14H16BrFN2O2. The van der Waals surface area contributed by atoms with Crippen molar-refractivity contribution in [1.29, 1.82) is 0 Å². The molecule has 1 aliphatic rings. The van der Waals surface area contributed by atoms with Crippen molar-refractivity contribution in [3.8, 4) is 0 Å². The van der Waals surface area contributed by atoms with Gasteiger partial charge in [0.05, 0.1) is 5.92 Å². The number of nitrogens with zero attached hydrogens (tertiary/aromatic N) is 1. The van der Waals surface area contributed by atoms with Crippen molar-refractivity contribution in [3.05, 3.63) is 34.1 Å². The fourth-order valence-corrected chi connectivity index (χ4v) is 2.90. The van der Waals surface area contributed by atoms with Crippen molar-refractivity contribution >= 4 is 27.7 Å². The third-order valence-electron chi connectivity index (χ3n) is 3.44. The summed E-state index contributed by atoms with van der Waals surface area (Å²) in [6.45, 7) is 0.979. The largest absolute Gasteiger partial charge is 0.359 e. The van der Waals surface area contributed by atoms with E-state index < -0.39 is 5.82 Å². The Morgan fingerprint density at radius 1 is 1.40 bits per heavy atom. The van der Waals surface area contributed by atoms with E-state index in [1.165, 1.54) is 12.1 Å². The minimum atomic E-state index is -0.456. The molecule has 1 aliphatic heterocycles. The second-order valence-corrected chi connectivity index (χ2v) is 5.78. The summed E-state index contributed by atoms with van der Waals surface area (Å²) < 4.78 is 13.9. The molecule has 1 heterocycles. The number of carbonyl (C=O) groups excluding carboxylic acids is 2. The summed E-state index contributed by atoms with van der Waals surface area (Å²) in [7, 11) is 1.59. The quantitative estimate of drug-likeness (QED) is 0.895. The zero-order valence-corrected chi connectivity index (χ0v) is 12.7. The lowest BCUT2D eigenvalue weighted by Crippen LogP contribution is -2.44. The van der Waals surface area contributed by atoms with Gasteiger partial charge in [0.15, 0.2) is 0 Å². The molecule has 1 aromatic carbocycles. The van der Waals surface area contributed by atoms with Crippen molar-refractivity contribution in [1.82, 2.24) is 10.2 Å². The summed E-state index contributed by atoms with van der Waals surface area (Å²) in [6, 6.07) is 4.12. The Morgan fingerprint density at radius 3 is 2.80 bits per heavy atom. The predicted molar refractivity (Wildman–Crippen MR) is 76.8 cm³/mol. The van der Waals surface area contributed by atoms with Gasteiger partial charge in [-0.05, 0) is 31.0 Å². The van der Waals surface area contributed by atoms with Gasteiger partial charge in [-0.3, -0.25) is 9.59 Å². The highest BCUT2D eigenvalue weighted by Gasteiger charge is 2.28. The van der Waals surface area contributed by atoms with Crippen LogP contribution in [0.5, 0.6) is 0 Å². The van der Waals surface area contributed by atoms with Crippen molar-refractivity contribution in [2.45, 2.75) is 12.8 Å². The summed E-state index contributed by atoms with van der Waals surface area (Å²) in [6.07, 6.45) is 1.55. The molecule has 0 radical (unpaired) electrons. The van der Waals surface area contributed by atoms with Crippen LogP contribution in [0.25, 0.3) is 0 Å². The molecule has 2 amide bonds. The van der Waals surface area contributed by atoms with Gasteiger partial charge in [0.2, 0.25) is 5.91 Å². The topological polar surface area (TPSA) is 49.4 Å². The average Bonchev–Trinajstić information content (AvgIpc) is 2.44. The van der Waals surface area contributed by atoms with Crippen LogP contribution in [0, 0.1) is 11.7 Å². The summed E-state index contributed by atoms with van der Waals surface area (Å²) >= 11 is 3.18. The van der Waals surface area contributed by atoms with E-state index in [1.54, 1.807) is 18.0 Å². The molecule has 1 aromatic rings. The molecule has 108 valence electrons. The molecule has 0 saturated carbocycles. The maximum Gasteiger partial charge on any atom is 0.254 e. The van der Waals surface area contributed by atoms with E-state index >= 15 is 0 Å². The van der Waals surface area contributed by atoms with Gasteiger partial charge in [-0.25, -0.2) is 4.39 Å². The van der Waals surface area contributed by atoms with Gasteiger partial charge in [-0.1, -0.05) is 15.9 Å². The predicted octanol–water partition coefficient (Wildman–Crippen LogP) is 2.19. The highest BCUT2D eigenvalue weighted by atomic mass is 79.9. The Labute approximate surface area is 125 Å². The molecule has 0 unspecified atom stereocenters. The molecule has 4 nitrogen and oxygen atoms in total. The third kappa shape index (κ3) is 3.36. The van der Waals surface area contributed by atoms with Crippen LogP contribution in [-0.4, -0.2) is 36.9 Å². The lowest BCUT2D eigenvalue weighted by molar-refractivity contribution is -0.125. The summed E-state index contributed by atoms with van der Waals surface area (Å²) in [5, 5.41) is 2.61. The van der Waals surface area contributed by atoms with Crippen molar-refractivity contribution in [3.63, 3.8) is 0 Å². The molecule has 20 heavy (non-hydrogen) atoms. The van der Waals surface area contributed by atoms with Gasteiger partial charge < -0.3 is 10.2 Å². The second-order valence-electron chi connectivity index (χ2n) is 4.86. The van der Waals surface area contributed by atoms with Gasteiger partial charge in [-0.15, -0.1) is 0 Å². The van der Waals surface area contributed by atoms with E-state index in [0.29, 0.717) is 23.1 Å². The Kier molecular flexibility index (Phi) is 4.75. The number of rotatable bonds is 2. The number of benzene rings is 1. The van der Waals surface area contributed by atoms with Crippen LogP contribution in [0.15, 0.2) is 22.7 Å². The van der Waals surface area contributed by atoms with Crippen LogP contribution in [0.1, 0.15) is 23.2 Å². The maximum atomic E-state index is 13.4. The molecule has 0 spiro atoms. The van der Waals surface area contributed by atoms with E-state index in [2.05, 4.69) is 21.2 Å². The lowest BCUT2D eigenvalue weighted by Gasteiger charge is -2.31. The van der Waals surface area contributed by atoms with Gasteiger partial charge in [-0.2, -0.15) is 0 Å². The van der Waals surface area contributed by atoms with Crippen molar-refractivity contribution < 1.29 is 14.0 Å². The maximum absolute atomic E-state index is 13.4. The van der Waals surface area contributed by atoms with Crippen LogP contribution in [0.4, 0.5) is 4.39 Å². The monoisotopic (exact) mass is 342 g/mol. The molecule has 2 rings (SSSR count). The van der Waals surface area contributed by atoms with Gasteiger partial charge in [0.25, 0.3) is 5.91 Å². The minimum absolute atomic E-state index is 0.0528. The van der Waals surface area contributed by atoms with Crippen LogP contribution in [0.3, 0.4) is 0 Å². The smallest absolute Gasteiger partial charge is 0.254 e. The van der Waals surface area contributed by atoms with Gasteiger partial charge in [0.1, 0.15) is 5.82 Å². The van der Waals surface area contributed by atoms with E-state index in [-0.39, 0.29) is 17.7 Å². The van der Waals surface area contributed by atoms with E-state index in [9.17, 15) is 14.0 Å². The first-order valence-corrected chi connectivity index (χ1v) is 7.27. The number of hydrogen-bond donors (Lipinski definition) is 1. The zero-order chi connectivity index (χ0) is 14.7. The minimum Gasteiger partial charge on any atom is -0.359 e. The zero-order valence-electron chi connectivity index (χ0n) is 11.2. The number of amides is 2. The number of halogens is 2. The van der Waals surface area contributed by atoms with Crippen molar-refractivity contribution in [2.75, 3.05) is 20.1 Å². The SMILES string of the molecule is CNC(=O)[C@H]1CCCN(C(=O)c2cc(F)cc(Br)c2)C1. The summed E-state index contributed by atoms with van der Waals surface area (Å²) in [5.74, 6) is -0.931. The molecular weight excluding hydrogens is 327 g/mol. The Balaban J connectivity index is 2.14. The number of carbonyl (C=O) groups is 2. The van der Waals surface area contributed by atoms with Gasteiger partial charge >= 0.3 is 0 Å². The normalized spacial score (nSPS) is 18.8. The summed E-state index contributed by atoms with van der Waals surface area (Å²) in [4.78, 5) is 25.6. The second kappa shape index (κ2) is 6.35. The third-order valence-corrected chi connectivity index (χ3v) is 3.89. The molecule has 1 N–H and O–H groups in total. The van der Waals surface area contributed by atoms with Crippen LogP contribution in [-0.2, 0) is 4.79 Å². The first-order chi connectivity index (χ1) is 9.51. The Morgan fingerprint density at radius 2 is 2.15 bits per heavy atom. The van der Waals surface area contributed by atoms with E-state index in [0.717, 1.165) is 12.8 Å². The number of nitrogens with one attached hydrogen (secondary N) is 1. The molecule has 0 aromatic heterocycles. The number of likely N-dealkylation sites (tertiary alicyclic amines) is 1. The first-order valence-electron chi connectivity index (χ1n) is 6.48. The molecule has 1 fully saturated rings. The first kappa shape index (κ1) is 15.0. The fraction of sp³-hybridized carbons (Fsp3) is 0.429. The molecule has 6 heteroatoms. The van der Waals surface area contributed by atoms with Crippen LogP contribution >= 0.6 is 15.9 Å². The highest BCUT2D eigenvalue weighted by molar-refractivity contribution is 9.10. The number of hydrogen-bond acceptors (Lipinski definition) is 2. The molecule has 1 saturated heterocycles. The molecule has 0 aliphatic carbocycles. The Bertz CT molecular complexity index is 516. The average molecular weight is 343 g/mol. The standard InChI is InChI=1S/C14H16BrFN2O2/c1-17-13(19)9-3-2-4-18(8-9)14(20)10-5-11(15)7-12(16)6-10/h5-7,9H,2-4,8H2,1H3,(H,17,19)/t9-/m0/s1. The highest BCUT2D eigenvalue weighted by Crippen LogP contribution is 2.21. The van der Waals surface area contributed by atoms with E-state index in [1.807, 2.05) is 0 Å². The Hall–Kier alpha value is -1.43.